The van der Waals surface area contributed by atoms with E-state index in [1.54, 1.807) is 19.1 Å². The molecule has 8 heteroatoms. The molecule has 2 aromatic rings. The summed E-state index contributed by atoms with van der Waals surface area (Å²) < 4.78 is 32.0. The molecule has 144 valence electrons. The Morgan fingerprint density at radius 1 is 1.15 bits per heavy atom. The molecule has 2 N–H and O–H groups in total. The van der Waals surface area contributed by atoms with E-state index in [4.69, 9.17) is 4.74 Å². The number of aliphatic hydroxyl groups is 1. The lowest BCUT2D eigenvalue weighted by molar-refractivity contribution is -0.143. The van der Waals surface area contributed by atoms with E-state index in [-0.39, 0.29) is 5.97 Å². The molecule has 0 saturated heterocycles. The van der Waals surface area contributed by atoms with E-state index in [9.17, 15) is 18.3 Å². The first-order chi connectivity index (χ1) is 12.9. The Labute approximate surface area is 158 Å². The summed E-state index contributed by atoms with van der Waals surface area (Å²) in [6.07, 6.45) is 4.00. The minimum absolute atomic E-state index is 0.169. The van der Waals surface area contributed by atoms with Gasteiger partial charge in [0.25, 0.3) is 0 Å². The van der Waals surface area contributed by atoms with E-state index in [2.05, 4.69) is 0 Å². The monoisotopic (exact) mass is 390 g/mol. The summed E-state index contributed by atoms with van der Waals surface area (Å²) in [7, 11) is -3.80. The number of anilines is 1. The van der Waals surface area contributed by atoms with E-state index < -0.39 is 16.1 Å². The number of benzene rings is 2. The first-order valence-electron chi connectivity index (χ1n) is 8.80. The third-order valence-electron chi connectivity index (χ3n) is 4.28. The van der Waals surface area contributed by atoms with Crippen LogP contribution in [0.2, 0.25) is 0 Å². The van der Waals surface area contributed by atoms with Gasteiger partial charge < -0.3 is 9.84 Å². The molecular formula is C19H22N2O5S. The predicted molar refractivity (Wildman–Crippen MR) is 103 cm³/mol. The average molecular weight is 390 g/mol. The highest BCUT2D eigenvalue weighted by Gasteiger charge is 2.28. The molecule has 27 heavy (non-hydrogen) atoms. The van der Waals surface area contributed by atoms with Crippen LogP contribution in [0.4, 0.5) is 5.69 Å². The largest absolute Gasteiger partial charge is 0.493 e. The smallest absolute Gasteiger partial charge is 0.330 e. The molecule has 0 unspecified atom stereocenters. The molecule has 7 nitrogen and oxygen atoms in total. The van der Waals surface area contributed by atoms with Crippen molar-refractivity contribution >= 4 is 32.6 Å². The van der Waals surface area contributed by atoms with Gasteiger partial charge in [0, 0.05) is 6.42 Å². The molecule has 0 atom stereocenters. The van der Waals surface area contributed by atoms with E-state index in [0.717, 1.165) is 46.1 Å². The summed E-state index contributed by atoms with van der Waals surface area (Å²) >= 11 is 0. The number of carbonyl (C=O) groups is 1. The van der Waals surface area contributed by atoms with Crippen molar-refractivity contribution in [3.05, 3.63) is 54.0 Å². The van der Waals surface area contributed by atoms with Crippen LogP contribution < -0.4 is 9.03 Å². The minimum Gasteiger partial charge on any atom is -0.493 e. The van der Waals surface area contributed by atoms with Crippen LogP contribution in [-0.4, -0.2) is 26.1 Å². The van der Waals surface area contributed by atoms with Crippen molar-refractivity contribution in [1.29, 1.82) is 0 Å². The SMILES string of the molecule is CCOC(=O)CCCCc1ccc2ccc(N3C=C(O)NS3(=O)=O)cc2c1. The van der Waals surface area contributed by atoms with Crippen LogP contribution in [0, 0.1) is 0 Å². The molecule has 0 fully saturated rings. The molecule has 0 spiro atoms. The van der Waals surface area contributed by atoms with Crippen LogP contribution in [0.15, 0.2) is 48.5 Å². The Morgan fingerprint density at radius 2 is 1.93 bits per heavy atom. The fourth-order valence-corrected chi connectivity index (χ4v) is 4.05. The number of aryl methyl sites for hydroxylation is 1. The molecule has 0 aliphatic carbocycles. The molecule has 0 amide bonds. The fourth-order valence-electron chi connectivity index (χ4n) is 3.01. The summed E-state index contributed by atoms with van der Waals surface area (Å²) in [4.78, 5) is 11.4. The number of nitrogens with one attached hydrogen (secondary N) is 1. The van der Waals surface area contributed by atoms with E-state index in [0.29, 0.717) is 18.7 Å². The summed E-state index contributed by atoms with van der Waals surface area (Å²) in [5, 5.41) is 11.3. The number of nitrogens with zero attached hydrogens (tertiary/aromatic N) is 1. The van der Waals surface area contributed by atoms with Crippen molar-refractivity contribution in [1.82, 2.24) is 4.72 Å². The van der Waals surface area contributed by atoms with Crippen molar-refractivity contribution < 1.29 is 23.1 Å². The summed E-state index contributed by atoms with van der Waals surface area (Å²) in [5.41, 5.74) is 1.56. The zero-order valence-corrected chi connectivity index (χ0v) is 15.8. The van der Waals surface area contributed by atoms with Gasteiger partial charge in [0.05, 0.1) is 18.5 Å². The molecule has 1 aliphatic rings. The van der Waals surface area contributed by atoms with Crippen molar-refractivity contribution in [3.63, 3.8) is 0 Å². The minimum atomic E-state index is -3.80. The van der Waals surface area contributed by atoms with Crippen molar-refractivity contribution in [2.45, 2.75) is 32.6 Å². The Balaban J connectivity index is 1.72. The number of esters is 1. The van der Waals surface area contributed by atoms with Gasteiger partial charge in [0.2, 0.25) is 5.88 Å². The molecule has 0 aromatic heterocycles. The van der Waals surface area contributed by atoms with Crippen LogP contribution in [0.3, 0.4) is 0 Å². The normalized spacial score (nSPS) is 15.4. The third kappa shape index (κ3) is 4.51. The average Bonchev–Trinajstić information content (AvgIpc) is 2.90. The van der Waals surface area contributed by atoms with E-state index >= 15 is 0 Å². The molecule has 0 radical (unpaired) electrons. The zero-order chi connectivity index (χ0) is 19.4. The van der Waals surface area contributed by atoms with Gasteiger partial charge in [-0.2, -0.15) is 8.42 Å². The molecule has 1 heterocycles. The number of fused-ring (bicyclic) bond motifs is 1. The Bertz CT molecular complexity index is 985. The second kappa shape index (κ2) is 7.87. The van der Waals surface area contributed by atoms with Crippen LogP contribution in [0.25, 0.3) is 10.8 Å². The van der Waals surface area contributed by atoms with Crippen LogP contribution in [0.1, 0.15) is 31.7 Å². The van der Waals surface area contributed by atoms with Gasteiger partial charge in [-0.1, -0.05) is 24.3 Å². The summed E-state index contributed by atoms with van der Waals surface area (Å²) in [6, 6.07) is 11.3. The van der Waals surface area contributed by atoms with Gasteiger partial charge in [0.15, 0.2) is 0 Å². The number of aliphatic hydroxyl groups excluding tert-OH is 1. The number of rotatable bonds is 7. The predicted octanol–water partition coefficient (Wildman–Crippen LogP) is 3.13. The van der Waals surface area contributed by atoms with Crippen molar-refractivity contribution in [2.75, 3.05) is 10.9 Å². The van der Waals surface area contributed by atoms with E-state index in [1.165, 1.54) is 0 Å². The van der Waals surface area contributed by atoms with Crippen LogP contribution >= 0.6 is 0 Å². The maximum atomic E-state index is 12.0. The third-order valence-corrected chi connectivity index (χ3v) is 5.58. The van der Waals surface area contributed by atoms with Gasteiger partial charge in [-0.05, 0) is 54.7 Å². The van der Waals surface area contributed by atoms with E-state index in [1.807, 2.05) is 29.0 Å². The summed E-state index contributed by atoms with van der Waals surface area (Å²) in [5.74, 6) is -0.581. The lowest BCUT2D eigenvalue weighted by atomic mass is 10.0. The van der Waals surface area contributed by atoms with Crippen molar-refractivity contribution in [3.8, 4) is 0 Å². The highest BCUT2D eigenvalue weighted by molar-refractivity contribution is 7.91. The second-order valence-electron chi connectivity index (χ2n) is 6.30. The van der Waals surface area contributed by atoms with Gasteiger partial charge >= 0.3 is 16.2 Å². The van der Waals surface area contributed by atoms with Gasteiger partial charge in [-0.15, -0.1) is 0 Å². The number of ether oxygens (including phenoxy) is 1. The fraction of sp³-hybridized carbons (Fsp3) is 0.316. The Kier molecular flexibility index (Phi) is 5.55. The topological polar surface area (TPSA) is 95.9 Å². The first-order valence-corrected chi connectivity index (χ1v) is 10.2. The standard InChI is InChI=1S/C19H22N2O5S/c1-2-26-19(23)6-4-3-5-14-7-8-15-9-10-17(12-16(15)11-14)21-13-18(22)20-27(21,24)25/h7-13,20,22H,2-6H2,1H3. The molecular weight excluding hydrogens is 368 g/mol. The molecule has 1 aliphatic heterocycles. The van der Waals surface area contributed by atoms with Gasteiger partial charge in [-0.25, -0.2) is 9.03 Å². The van der Waals surface area contributed by atoms with Gasteiger partial charge in [-0.3, -0.25) is 4.79 Å². The maximum absolute atomic E-state index is 12.0. The lowest BCUT2D eigenvalue weighted by Crippen LogP contribution is -2.29. The lowest BCUT2D eigenvalue weighted by Gasteiger charge is -2.14. The number of hydrogen-bond acceptors (Lipinski definition) is 5. The Hall–Kier alpha value is -2.74. The maximum Gasteiger partial charge on any atom is 0.330 e. The second-order valence-corrected chi connectivity index (χ2v) is 7.84. The summed E-state index contributed by atoms with van der Waals surface area (Å²) in [6.45, 7) is 2.20. The van der Waals surface area contributed by atoms with Gasteiger partial charge in [0.1, 0.15) is 0 Å². The number of hydrogen-bond donors (Lipinski definition) is 2. The zero-order valence-electron chi connectivity index (χ0n) is 15.0. The Morgan fingerprint density at radius 3 is 2.63 bits per heavy atom. The molecule has 2 aromatic carbocycles. The molecule has 0 saturated carbocycles. The number of unbranched alkanes of at least 4 members (excludes halogenated alkanes) is 1. The van der Waals surface area contributed by atoms with Crippen LogP contribution in [-0.2, 0) is 26.2 Å². The molecule has 0 bridgehead atoms. The first kappa shape index (κ1) is 19.0. The number of carbonyl (C=O) groups excluding carboxylic acids is 1. The highest BCUT2D eigenvalue weighted by Crippen LogP contribution is 2.27. The quantitative estimate of drug-likeness (QED) is 0.559. The van der Waals surface area contributed by atoms with Crippen LogP contribution in [0.5, 0.6) is 0 Å². The molecule has 3 rings (SSSR count). The highest BCUT2D eigenvalue weighted by atomic mass is 32.2. The van der Waals surface area contributed by atoms with Crippen molar-refractivity contribution in [2.24, 2.45) is 0 Å².